The van der Waals surface area contributed by atoms with Crippen LogP contribution in [0.15, 0.2) is 42.5 Å². The molecule has 0 saturated carbocycles. The number of sulfonamides is 1. The molecule has 2 amide bonds. The smallest absolute Gasteiger partial charge is 0.244 e. The predicted molar refractivity (Wildman–Crippen MR) is 138 cm³/mol. The fraction of sp³-hybridized carbons (Fsp3) is 0.391. The molecule has 1 N–H and O–H groups in total. The van der Waals surface area contributed by atoms with E-state index in [2.05, 4.69) is 5.32 Å². The first-order valence-corrected chi connectivity index (χ1v) is 13.7. The van der Waals surface area contributed by atoms with Gasteiger partial charge in [-0.25, -0.2) is 8.42 Å². The number of benzene rings is 2. The van der Waals surface area contributed by atoms with Crippen LogP contribution in [-0.2, 0) is 26.2 Å². The highest BCUT2D eigenvalue weighted by Gasteiger charge is 2.31. The highest BCUT2D eigenvalue weighted by atomic mass is 35.5. The van der Waals surface area contributed by atoms with E-state index < -0.39 is 28.5 Å². The van der Waals surface area contributed by atoms with Gasteiger partial charge in [0.1, 0.15) is 12.6 Å². The van der Waals surface area contributed by atoms with E-state index in [4.69, 9.17) is 34.8 Å². The lowest BCUT2D eigenvalue weighted by Crippen LogP contribution is -2.51. The number of nitrogens with zero attached hydrogens (tertiary/aromatic N) is 2. The lowest BCUT2D eigenvalue weighted by molar-refractivity contribution is -0.139. The molecular formula is C23H28Cl3N3O4S. The standard InChI is InChI=1S/C23H28Cl3N3O4S/c1-4-5-12-27-23(31)16(2)28(14-17-8-6-7-9-19(17)25)22(30)15-29(34(3,32)33)21-11-10-18(24)13-20(21)26/h6-11,13,16H,4-5,12,14-15H2,1-3H3,(H,27,31)/t16-/m0/s1. The Balaban J connectivity index is 2.39. The fourth-order valence-electron chi connectivity index (χ4n) is 3.21. The molecule has 11 heteroatoms. The molecular weight excluding hydrogens is 521 g/mol. The molecule has 2 aromatic carbocycles. The van der Waals surface area contributed by atoms with E-state index in [9.17, 15) is 18.0 Å². The van der Waals surface area contributed by atoms with E-state index in [1.807, 2.05) is 6.92 Å². The maximum atomic E-state index is 13.5. The minimum absolute atomic E-state index is 0.0207. The number of nitrogens with one attached hydrogen (secondary N) is 1. The zero-order chi connectivity index (χ0) is 25.5. The summed E-state index contributed by atoms with van der Waals surface area (Å²) in [6.45, 7) is 3.54. The van der Waals surface area contributed by atoms with Crippen molar-refractivity contribution in [1.29, 1.82) is 0 Å². The van der Waals surface area contributed by atoms with Crippen molar-refractivity contribution >= 4 is 62.3 Å². The molecule has 0 fully saturated rings. The van der Waals surface area contributed by atoms with Crippen LogP contribution in [0.2, 0.25) is 15.1 Å². The minimum Gasteiger partial charge on any atom is -0.354 e. The van der Waals surface area contributed by atoms with Crippen LogP contribution in [0.1, 0.15) is 32.3 Å². The van der Waals surface area contributed by atoms with Gasteiger partial charge in [-0.15, -0.1) is 0 Å². The van der Waals surface area contributed by atoms with Crippen molar-refractivity contribution in [2.75, 3.05) is 23.7 Å². The fourth-order valence-corrected chi connectivity index (χ4v) is 4.82. The van der Waals surface area contributed by atoms with Crippen LogP contribution in [-0.4, -0.2) is 50.5 Å². The second-order valence-corrected chi connectivity index (χ2v) is 11.0. The third kappa shape index (κ3) is 7.77. The maximum Gasteiger partial charge on any atom is 0.244 e. The third-order valence-corrected chi connectivity index (χ3v) is 7.19. The van der Waals surface area contributed by atoms with Crippen molar-refractivity contribution in [2.45, 2.75) is 39.3 Å². The second kappa shape index (κ2) is 12.6. The van der Waals surface area contributed by atoms with Gasteiger partial charge in [-0.2, -0.15) is 0 Å². The Hall–Kier alpha value is -2.00. The highest BCUT2D eigenvalue weighted by Crippen LogP contribution is 2.30. The van der Waals surface area contributed by atoms with Crippen LogP contribution in [0.25, 0.3) is 0 Å². The van der Waals surface area contributed by atoms with Crippen LogP contribution in [0, 0.1) is 0 Å². The second-order valence-electron chi connectivity index (χ2n) is 7.80. The molecule has 34 heavy (non-hydrogen) atoms. The summed E-state index contributed by atoms with van der Waals surface area (Å²) in [7, 11) is -3.89. The molecule has 0 heterocycles. The zero-order valence-corrected chi connectivity index (χ0v) is 22.3. The quantitative estimate of drug-likeness (QED) is 0.411. The number of hydrogen-bond acceptors (Lipinski definition) is 4. The first-order chi connectivity index (χ1) is 16.0. The van der Waals surface area contributed by atoms with Gasteiger partial charge in [0.25, 0.3) is 0 Å². The number of unbranched alkanes of at least 4 members (excludes halogenated alkanes) is 1. The highest BCUT2D eigenvalue weighted by molar-refractivity contribution is 7.92. The molecule has 0 aliphatic heterocycles. The van der Waals surface area contributed by atoms with Gasteiger partial charge in [-0.05, 0) is 43.2 Å². The average molecular weight is 549 g/mol. The summed E-state index contributed by atoms with van der Waals surface area (Å²) in [5, 5.41) is 3.65. The Bertz CT molecular complexity index is 1130. The summed E-state index contributed by atoms with van der Waals surface area (Å²) in [5.41, 5.74) is 0.737. The summed E-state index contributed by atoms with van der Waals surface area (Å²) >= 11 is 18.5. The van der Waals surface area contributed by atoms with Gasteiger partial charge in [0.15, 0.2) is 0 Å². The SMILES string of the molecule is CCCCNC(=O)[C@H](C)N(Cc1ccccc1Cl)C(=O)CN(c1ccc(Cl)cc1Cl)S(C)(=O)=O. The summed E-state index contributed by atoms with van der Waals surface area (Å²) in [5.74, 6) is -0.932. The Morgan fingerprint density at radius 3 is 2.32 bits per heavy atom. The molecule has 0 saturated heterocycles. The monoisotopic (exact) mass is 547 g/mol. The lowest BCUT2D eigenvalue weighted by atomic mass is 10.1. The van der Waals surface area contributed by atoms with Crippen LogP contribution >= 0.6 is 34.8 Å². The van der Waals surface area contributed by atoms with Gasteiger partial charge in [0.05, 0.1) is 17.0 Å². The van der Waals surface area contributed by atoms with Crippen molar-refractivity contribution in [3.8, 4) is 0 Å². The molecule has 0 aliphatic rings. The molecule has 2 aromatic rings. The topological polar surface area (TPSA) is 86.8 Å². The molecule has 0 aromatic heterocycles. The normalized spacial score (nSPS) is 12.2. The van der Waals surface area contributed by atoms with Gasteiger partial charge in [-0.3, -0.25) is 13.9 Å². The van der Waals surface area contributed by atoms with Gasteiger partial charge < -0.3 is 10.2 Å². The van der Waals surface area contributed by atoms with Gasteiger partial charge in [0, 0.05) is 23.1 Å². The zero-order valence-electron chi connectivity index (χ0n) is 19.2. The predicted octanol–water partition coefficient (Wildman–Crippen LogP) is 4.75. The molecule has 0 unspecified atom stereocenters. The van der Waals surface area contributed by atoms with Crippen molar-refractivity contribution < 1.29 is 18.0 Å². The Labute approximate surface area is 216 Å². The van der Waals surface area contributed by atoms with Crippen molar-refractivity contribution in [3.63, 3.8) is 0 Å². The number of halogens is 3. The van der Waals surface area contributed by atoms with E-state index in [0.717, 1.165) is 23.4 Å². The number of carbonyl (C=O) groups is 2. The van der Waals surface area contributed by atoms with E-state index in [0.29, 0.717) is 22.2 Å². The first kappa shape index (κ1) is 28.2. The average Bonchev–Trinajstić information content (AvgIpc) is 2.76. The number of carbonyl (C=O) groups excluding carboxylic acids is 2. The third-order valence-electron chi connectivity index (χ3n) is 5.15. The van der Waals surface area contributed by atoms with E-state index in [1.165, 1.54) is 23.1 Å². The van der Waals surface area contributed by atoms with Gasteiger partial charge in [-0.1, -0.05) is 66.3 Å². The van der Waals surface area contributed by atoms with Crippen LogP contribution < -0.4 is 9.62 Å². The summed E-state index contributed by atoms with van der Waals surface area (Å²) < 4.78 is 26.1. The van der Waals surface area contributed by atoms with Crippen LogP contribution in [0.4, 0.5) is 5.69 Å². The first-order valence-electron chi connectivity index (χ1n) is 10.7. The molecule has 2 rings (SSSR count). The van der Waals surface area contributed by atoms with E-state index in [-0.39, 0.29) is 23.2 Å². The number of hydrogen-bond donors (Lipinski definition) is 1. The number of amides is 2. The van der Waals surface area contributed by atoms with E-state index in [1.54, 1.807) is 31.2 Å². The molecule has 0 radical (unpaired) electrons. The molecule has 7 nitrogen and oxygen atoms in total. The molecule has 0 spiro atoms. The number of rotatable bonds is 11. The minimum atomic E-state index is -3.89. The summed E-state index contributed by atoms with van der Waals surface area (Å²) in [6.07, 6.45) is 2.68. The van der Waals surface area contributed by atoms with Crippen LogP contribution in [0.5, 0.6) is 0 Å². The molecule has 1 atom stereocenters. The maximum absolute atomic E-state index is 13.5. The van der Waals surface area contributed by atoms with Gasteiger partial charge >= 0.3 is 0 Å². The van der Waals surface area contributed by atoms with Crippen LogP contribution in [0.3, 0.4) is 0 Å². The lowest BCUT2D eigenvalue weighted by Gasteiger charge is -2.32. The Morgan fingerprint density at radius 2 is 1.74 bits per heavy atom. The molecule has 186 valence electrons. The summed E-state index contributed by atoms with van der Waals surface area (Å²) in [4.78, 5) is 27.6. The van der Waals surface area contributed by atoms with E-state index >= 15 is 0 Å². The number of anilines is 1. The van der Waals surface area contributed by atoms with Crippen molar-refractivity contribution in [2.24, 2.45) is 0 Å². The molecule has 0 bridgehead atoms. The van der Waals surface area contributed by atoms with Crippen molar-refractivity contribution in [3.05, 3.63) is 63.1 Å². The Morgan fingerprint density at radius 1 is 1.06 bits per heavy atom. The molecule has 0 aliphatic carbocycles. The Kier molecular flexibility index (Phi) is 10.5. The van der Waals surface area contributed by atoms with Gasteiger partial charge in [0.2, 0.25) is 21.8 Å². The summed E-state index contributed by atoms with van der Waals surface area (Å²) in [6, 6.07) is 10.4. The largest absolute Gasteiger partial charge is 0.354 e. The van der Waals surface area contributed by atoms with Crippen molar-refractivity contribution in [1.82, 2.24) is 10.2 Å².